The zero-order valence-corrected chi connectivity index (χ0v) is 19.7. The number of aromatic amines is 1. The number of H-pyrrole nitrogens is 1. The van der Waals surface area contributed by atoms with Crippen LogP contribution in [0.3, 0.4) is 0 Å². The quantitative estimate of drug-likeness (QED) is 0.512. The normalized spacial score (nSPS) is 28.2. The molecule has 33 heavy (non-hydrogen) atoms. The van der Waals surface area contributed by atoms with Crippen molar-refractivity contribution in [2.75, 3.05) is 0 Å². The van der Waals surface area contributed by atoms with Crippen LogP contribution >= 0.6 is 11.6 Å². The minimum absolute atomic E-state index is 0.0560. The SMILES string of the molecule is O=C(NC1CCCCC1)N[C@H]1CC[C@H](NC(=O)O[C@@H]2CCC(c3cn[nH]c(=O)c3Cl)C2)CC1. The molecule has 1 unspecified atom stereocenters. The number of aromatic nitrogens is 2. The van der Waals surface area contributed by atoms with E-state index in [1.807, 2.05) is 0 Å². The van der Waals surface area contributed by atoms with E-state index in [1.54, 1.807) is 6.20 Å². The van der Waals surface area contributed by atoms with Crippen LogP contribution in [0, 0.1) is 0 Å². The van der Waals surface area contributed by atoms with Crippen molar-refractivity contribution in [2.45, 2.75) is 107 Å². The Hall–Kier alpha value is -2.29. The summed E-state index contributed by atoms with van der Waals surface area (Å²) in [5.74, 6) is 0.0615. The van der Waals surface area contributed by atoms with Crippen LogP contribution in [0.2, 0.25) is 5.02 Å². The Morgan fingerprint density at radius 3 is 2.24 bits per heavy atom. The van der Waals surface area contributed by atoms with Crippen molar-refractivity contribution in [1.82, 2.24) is 26.1 Å². The molecule has 1 aromatic heterocycles. The monoisotopic (exact) mass is 479 g/mol. The number of hydrogen-bond acceptors (Lipinski definition) is 5. The van der Waals surface area contributed by atoms with Crippen molar-refractivity contribution in [2.24, 2.45) is 0 Å². The number of alkyl carbamates (subject to hydrolysis) is 1. The molecule has 0 aromatic carbocycles. The van der Waals surface area contributed by atoms with Crippen molar-refractivity contribution in [3.8, 4) is 0 Å². The highest BCUT2D eigenvalue weighted by Crippen LogP contribution is 2.37. The molecule has 9 nitrogen and oxygen atoms in total. The molecule has 3 aliphatic rings. The van der Waals surface area contributed by atoms with Crippen LogP contribution in [0.15, 0.2) is 11.0 Å². The van der Waals surface area contributed by atoms with Gasteiger partial charge in [0.05, 0.1) is 6.20 Å². The molecule has 4 N–H and O–H groups in total. The van der Waals surface area contributed by atoms with E-state index in [-0.39, 0.29) is 35.2 Å². The molecule has 0 bridgehead atoms. The lowest BCUT2D eigenvalue weighted by Crippen LogP contribution is -2.49. The van der Waals surface area contributed by atoms with E-state index in [1.165, 1.54) is 19.3 Å². The van der Waals surface area contributed by atoms with Crippen LogP contribution < -0.4 is 21.5 Å². The maximum Gasteiger partial charge on any atom is 0.407 e. The van der Waals surface area contributed by atoms with Crippen LogP contribution in [0.1, 0.15) is 88.5 Å². The zero-order valence-electron chi connectivity index (χ0n) is 18.9. The minimum Gasteiger partial charge on any atom is -0.446 e. The molecule has 0 saturated heterocycles. The highest BCUT2D eigenvalue weighted by molar-refractivity contribution is 6.31. The van der Waals surface area contributed by atoms with E-state index in [0.717, 1.165) is 51.4 Å². The third-order valence-electron chi connectivity index (χ3n) is 7.25. The molecule has 1 aromatic rings. The molecule has 3 amide bonds. The summed E-state index contributed by atoms with van der Waals surface area (Å²) in [7, 11) is 0. The van der Waals surface area contributed by atoms with Crippen LogP contribution in [0.25, 0.3) is 0 Å². The van der Waals surface area contributed by atoms with Gasteiger partial charge in [0.25, 0.3) is 5.56 Å². The van der Waals surface area contributed by atoms with Gasteiger partial charge in [0.1, 0.15) is 11.1 Å². The maximum atomic E-state index is 12.4. The highest BCUT2D eigenvalue weighted by Gasteiger charge is 2.32. The lowest BCUT2D eigenvalue weighted by Gasteiger charge is -2.30. The second-order valence-corrected chi connectivity index (χ2v) is 10.0. The van der Waals surface area contributed by atoms with Crippen LogP contribution in [0.4, 0.5) is 9.59 Å². The van der Waals surface area contributed by atoms with Gasteiger partial charge in [0, 0.05) is 18.1 Å². The van der Waals surface area contributed by atoms with E-state index < -0.39 is 11.7 Å². The highest BCUT2D eigenvalue weighted by atomic mass is 35.5. The summed E-state index contributed by atoms with van der Waals surface area (Å²) in [5, 5.41) is 15.5. The number of carbonyl (C=O) groups excluding carboxylic acids is 2. The minimum atomic E-state index is -0.401. The first-order chi connectivity index (χ1) is 16.0. The van der Waals surface area contributed by atoms with Crippen molar-refractivity contribution in [3.63, 3.8) is 0 Å². The number of nitrogens with one attached hydrogen (secondary N) is 4. The number of rotatable bonds is 5. The van der Waals surface area contributed by atoms with Gasteiger partial charge in [-0.05, 0) is 69.3 Å². The van der Waals surface area contributed by atoms with Gasteiger partial charge in [-0.3, -0.25) is 4.79 Å². The van der Waals surface area contributed by atoms with Crippen LogP contribution in [0.5, 0.6) is 0 Å². The summed E-state index contributed by atoms with van der Waals surface area (Å²) in [6.07, 6.45) is 12.2. The molecule has 0 aliphatic heterocycles. The number of carbonyl (C=O) groups is 2. The lowest BCUT2D eigenvalue weighted by atomic mass is 9.91. The largest absolute Gasteiger partial charge is 0.446 e. The number of nitrogens with zero attached hydrogens (tertiary/aromatic N) is 1. The van der Waals surface area contributed by atoms with Gasteiger partial charge in [-0.2, -0.15) is 5.10 Å². The standard InChI is InChI=1S/C23H34ClN5O4/c24-20-19(13-25-29-21(20)30)14-6-11-18(12-14)33-23(32)28-17-9-7-16(8-10-17)27-22(31)26-15-4-2-1-3-5-15/h13-18H,1-12H2,(H,28,32)(H,29,30)(H2,26,27,31)/t14?,16-,17-,18-/m1/s1. The third kappa shape index (κ3) is 6.62. The van der Waals surface area contributed by atoms with E-state index in [4.69, 9.17) is 16.3 Å². The Labute approximate surface area is 198 Å². The topological polar surface area (TPSA) is 125 Å². The molecular formula is C23H34ClN5O4. The first kappa shape index (κ1) is 23.9. The van der Waals surface area contributed by atoms with Gasteiger partial charge in [-0.25, -0.2) is 14.7 Å². The summed E-state index contributed by atoms with van der Waals surface area (Å²) in [4.78, 5) is 36.3. The Kier molecular flexibility index (Phi) is 8.11. The molecular weight excluding hydrogens is 446 g/mol. The first-order valence-electron chi connectivity index (χ1n) is 12.2. The number of halogens is 1. The summed E-state index contributed by atoms with van der Waals surface area (Å²) in [6.45, 7) is 0. The number of amides is 3. The van der Waals surface area contributed by atoms with Crippen molar-refractivity contribution in [3.05, 3.63) is 27.1 Å². The molecule has 3 aliphatic carbocycles. The van der Waals surface area contributed by atoms with E-state index in [2.05, 4.69) is 26.1 Å². The Bertz CT molecular complexity index is 880. The Balaban J connectivity index is 1.14. The second-order valence-electron chi connectivity index (χ2n) is 9.65. The fraction of sp³-hybridized carbons (Fsp3) is 0.739. The van der Waals surface area contributed by atoms with Gasteiger partial charge in [0.15, 0.2) is 0 Å². The molecule has 2 atom stereocenters. The summed E-state index contributed by atoms with van der Waals surface area (Å²) in [6, 6.07) is 0.437. The smallest absolute Gasteiger partial charge is 0.407 e. The molecule has 1 heterocycles. The predicted octanol–water partition coefficient (Wildman–Crippen LogP) is 3.73. The Morgan fingerprint density at radius 2 is 1.55 bits per heavy atom. The van der Waals surface area contributed by atoms with E-state index in [0.29, 0.717) is 18.0 Å². The van der Waals surface area contributed by atoms with Crippen molar-refractivity contribution >= 4 is 23.7 Å². The van der Waals surface area contributed by atoms with Gasteiger partial charge < -0.3 is 20.7 Å². The fourth-order valence-corrected chi connectivity index (χ4v) is 5.65. The van der Waals surface area contributed by atoms with Crippen molar-refractivity contribution < 1.29 is 14.3 Å². The average Bonchev–Trinajstić information content (AvgIpc) is 3.25. The predicted molar refractivity (Wildman–Crippen MR) is 124 cm³/mol. The summed E-state index contributed by atoms with van der Waals surface area (Å²) >= 11 is 6.11. The molecule has 3 fully saturated rings. The zero-order chi connectivity index (χ0) is 23.2. The van der Waals surface area contributed by atoms with Crippen LogP contribution in [-0.4, -0.2) is 46.6 Å². The lowest BCUT2D eigenvalue weighted by molar-refractivity contribution is 0.0946. The molecule has 10 heteroatoms. The number of urea groups is 1. The molecule has 0 spiro atoms. The van der Waals surface area contributed by atoms with Gasteiger partial charge in [0.2, 0.25) is 0 Å². The second kappa shape index (κ2) is 11.2. The summed E-state index contributed by atoms with van der Waals surface area (Å²) < 4.78 is 5.63. The number of hydrogen-bond donors (Lipinski definition) is 4. The summed E-state index contributed by atoms with van der Waals surface area (Å²) in [5.41, 5.74) is 0.318. The molecule has 0 radical (unpaired) electrons. The van der Waals surface area contributed by atoms with Gasteiger partial charge in [-0.15, -0.1) is 0 Å². The van der Waals surface area contributed by atoms with Crippen LogP contribution in [-0.2, 0) is 4.74 Å². The van der Waals surface area contributed by atoms with E-state index >= 15 is 0 Å². The van der Waals surface area contributed by atoms with Gasteiger partial charge >= 0.3 is 12.1 Å². The first-order valence-corrected chi connectivity index (χ1v) is 12.6. The van der Waals surface area contributed by atoms with Gasteiger partial charge in [-0.1, -0.05) is 30.9 Å². The van der Waals surface area contributed by atoms with E-state index in [9.17, 15) is 14.4 Å². The molecule has 3 saturated carbocycles. The molecule has 182 valence electrons. The molecule has 4 rings (SSSR count). The Morgan fingerprint density at radius 1 is 0.909 bits per heavy atom. The number of ether oxygens (including phenoxy) is 1. The average molecular weight is 480 g/mol. The fourth-order valence-electron chi connectivity index (χ4n) is 5.41. The maximum absolute atomic E-state index is 12.4. The van der Waals surface area contributed by atoms with Crippen molar-refractivity contribution in [1.29, 1.82) is 0 Å². The third-order valence-corrected chi connectivity index (χ3v) is 7.64.